The molecular weight excluding hydrogens is 372 g/mol. The highest BCUT2D eigenvalue weighted by Gasteiger charge is 2.21. The summed E-state index contributed by atoms with van der Waals surface area (Å²) in [5.41, 5.74) is 1.25. The molecule has 0 spiro atoms. The standard InChI is InChI=1S/C18H22N2O2S3/c1-21-16-6-5-14(10-17(16)22-2)7-8-19-12-20(18(23)25-13-19)11-15-4-3-9-24-15/h3-6,9-10H,7-8,11-13H2,1-2H3. The molecule has 2 heterocycles. The van der Waals surface area contributed by atoms with Crippen molar-refractivity contribution in [1.82, 2.24) is 9.80 Å². The average molecular weight is 395 g/mol. The molecular formula is C18H22N2O2S3. The van der Waals surface area contributed by atoms with Gasteiger partial charge < -0.3 is 14.4 Å². The van der Waals surface area contributed by atoms with Gasteiger partial charge in [0.2, 0.25) is 0 Å². The predicted molar refractivity (Wildman–Crippen MR) is 110 cm³/mol. The summed E-state index contributed by atoms with van der Waals surface area (Å²) in [7, 11) is 3.33. The van der Waals surface area contributed by atoms with E-state index in [0.29, 0.717) is 0 Å². The van der Waals surface area contributed by atoms with E-state index in [0.717, 1.165) is 47.9 Å². The van der Waals surface area contributed by atoms with Crippen molar-refractivity contribution in [2.24, 2.45) is 0 Å². The van der Waals surface area contributed by atoms with Gasteiger partial charge in [0.05, 0.1) is 33.3 Å². The van der Waals surface area contributed by atoms with E-state index in [1.54, 1.807) is 37.3 Å². The van der Waals surface area contributed by atoms with Gasteiger partial charge >= 0.3 is 0 Å². The van der Waals surface area contributed by atoms with E-state index >= 15 is 0 Å². The molecule has 4 nitrogen and oxygen atoms in total. The second-order valence-electron chi connectivity index (χ2n) is 5.79. The number of thiocarbonyl (C=S) groups is 1. The molecule has 1 fully saturated rings. The topological polar surface area (TPSA) is 24.9 Å². The van der Waals surface area contributed by atoms with Gasteiger partial charge in [-0.05, 0) is 35.6 Å². The van der Waals surface area contributed by atoms with E-state index in [9.17, 15) is 0 Å². The zero-order valence-corrected chi connectivity index (χ0v) is 16.9. The van der Waals surface area contributed by atoms with Gasteiger partial charge in [0.25, 0.3) is 0 Å². The fourth-order valence-electron chi connectivity index (χ4n) is 2.74. The number of hydrogen-bond donors (Lipinski definition) is 0. The summed E-state index contributed by atoms with van der Waals surface area (Å²) in [5, 5.41) is 2.12. The third-order valence-corrected chi connectivity index (χ3v) is 6.56. The Morgan fingerprint density at radius 3 is 2.72 bits per heavy atom. The quantitative estimate of drug-likeness (QED) is 0.657. The van der Waals surface area contributed by atoms with Crippen molar-refractivity contribution in [1.29, 1.82) is 0 Å². The van der Waals surface area contributed by atoms with Crippen LogP contribution in [0.4, 0.5) is 0 Å². The van der Waals surface area contributed by atoms with Crippen molar-refractivity contribution in [3.8, 4) is 11.5 Å². The Bertz CT molecular complexity index is 706. The molecule has 0 bridgehead atoms. The first-order valence-electron chi connectivity index (χ1n) is 8.07. The van der Waals surface area contributed by atoms with Crippen molar-refractivity contribution >= 4 is 39.6 Å². The maximum absolute atomic E-state index is 5.53. The summed E-state index contributed by atoms with van der Waals surface area (Å²) >= 11 is 9.06. The van der Waals surface area contributed by atoms with E-state index < -0.39 is 0 Å². The van der Waals surface area contributed by atoms with E-state index in [4.69, 9.17) is 21.7 Å². The van der Waals surface area contributed by atoms with E-state index in [1.165, 1.54) is 10.4 Å². The highest BCUT2D eigenvalue weighted by atomic mass is 32.2. The Morgan fingerprint density at radius 2 is 2.00 bits per heavy atom. The van der Waals surface area contributed by atoms with Crippen LogP contribution in [0.15, 0.2) is 35.7 Å². The molecule has 1 aromatic carbocycles. The van der Waals surface area contributed by atoms with Crippen molar-refractivity contribution in [2.75, 3.05) is 33.3 Å². The Morgan fingerprint density at radius 1 is 1.16 bits per heavy atom. The minimum absolute atomic E-state index is 0.771. The van der Waals surface area contributed by atoms with Crippen LogP contribution in [0.3, 0.4) is 0 Å². The van der Waals surface area contributed by atoms with Gasteiger partial charge in [-0.2, -0.15) is 0 Å². The Kier molecular flexibility index (Phi) is 6.58. The van der Waals surface area contributed by atoms with E-state index in [-0.39, 0.29) is 0 Å². The molecule has 0 radical (unpaired) electrons. The highest BCUT2D eigenvalue weighted by Crippen LogP contribution is 2.28. The zero-order chi connectivity index (χ0) is 17.6. The number of hydrogen-bond acceptors (Lipinski definition) is 6. The minimum Gasteiger partial charge on any atom is -0.493 e. The summed E-state index contributed by atoms with van der Waals surface area (Å²) in [6.45, 7) is 2.78. The lowest BCUT2D eigenvalue weighted by Crippen LogP contribution is -2.44. The first kappa shape index (κ1) is 18.5. The maximum atomic E-state index is 5.53. The van der Waals surface area contributed by atoms with Crippen LogP contribution in [0.2, 0.25) is 0 Å². The van der Waals surface area contributed by atoms with E-state index in [2.05, 4.69) is 39.4 Å². The van der Waals surface area contributed by atoms with Crippen molar-refractivity contribution in [2.45, 2.75) is 13.0 Å². The van der Waals surface area contributed by atoms with Crippen LogP contribution < -0.4 is 9.47 Å². The maximum Gasteiger partial charge on any atom is 0.160 e. The predicted octanol–water partition coefficient (Wildman–Crippen LogP) is 4.06. The molecule has 0 atom stereocenters. The van der Waals surface area contributed by atoms with Crippen LogP contribution in [0.5, 0.6) is 11.5 Å². The molecule has 0 N–H and O–H groups in total. The number of rotatable bonds is 7. The Balaban J connectivity index is 1.57. The first-order valence-corrected chi connectivity index (χ1v) is 10.3. The molecule has 2 aromatic rings. The number of benzene rings is 1. The second kappa shape index (κ2) is 8.89. The molecule has 1 aliphatic heterocycles. The Labute approximate surface area is 162 Å². The summed E-state index contributed by atoms with van der Waals surface area (Å²) in [5.74, 6) is 2.51. The third kappa shape index (κ3) is 4.88. The monoisotopic (exact) mass is 394 g/mol. The van der Waals surface area contributed by atoms with Gasteiger partial charge in [-0.15, -0.1) is 11.3 Å². The molecule has 0 saturated carbocycles. The average Bonchev–Trinajstić information content (AvgIpc) is 3.15. The summed E-state index contributed by atoms with van der Waals surface area (Å²) in [6, 6.07) is 10.4. The normalized spacial score (nSPS) is 15.4. The van der Waals surface area contributed by atoms with Crippen LogP contribution >= 0.6 is 35.3 Å². The number of nitrogens with zero attached hydrogens (tertiary/aromatic N) is 2. The number of thiophene rings is 1. The smallest absolute Gasteiger partial charge is 0.160 e. The Hall–Kier alpha value is -1.28. The van der Waals surface area contributed by atoms with Crippen LogP contribution in [-0.4, -0.2) is 47.4 Å². The molecule has 0 amide bonds. The molecule has 1 aliphatic rings. The lowest BCUT2D eigenvalue weighted by molar-refractivity contribution is 0.210. The molecule has 1 aromatic heterocycles. The molecule has 3 rings (SSSR count). The van der Waals surface area contributed by atoms with Gasteiger partial charge in [0, 0.05) is 11.4 Å². The lowest BCUT2D eigenvalue weighted by Gasteiger charge is -2.36. The highest BCUT2D eigenvalue weighted by molar-refractivity contribution is 8.22. The third-order valence-electron chi connectivity index (χ3n) is 4.09. The second-order valence-corrected chi connectivity index (χ2v) is 8.40. The zero-order valence-electron chi connectivity index (χ0n) is 14.4. The number of methoxy groups -OCH3 is 2. The SMILES string of the molecule is COc1ccc(CCN2CSC(=S)N(Cc3cccs3)C2)cc1OC. The fourth-order valence-corrected chi connectivity index (χ4v) is 4.55. The van der Waals surface area contributed by atoms with Crippen LogP contribution in [-0.2, 0) is 13.0 Å². The lowest BCUT2D eigenvalue weighted by atomic mass is 10.1. The fraction of sp³-hybridized carbons (Fsp3) is 0.389. The summed E-state index contributed by atoms with van der Waals surface area (Å²) in [4.78, 5) is 6.07. The molecule has 7 heteroatoms. The van der Waals surface area contributed by atoms with Crippen molar-refractivity contribution in [3.63, 3.8) is 0 Å². The number of thioether (sulfide) groups is 1. The molecule has 1 saturated heterocycles. The van der Waals surface area contributed by atoms with Crippen LogP contribution in [0.1, 0.15) is 10.4 Å². The largest absolute Gasteiger partial charge is 0.493 e. The summed E-state index contributed by atoms with van der Waals surface area (Å²) < 4.78 is 11.7. The van der Waals surface area contributed by atoms with Crippen LogP contribution in [0.25, 0.3) is 0 Å². The van der Waals surface area contributed by atoms with E-state index in [1.807, 2.05) is 6.07 Å². The first-order chi connectivity index (χ1) is 12.2. The van der Waals surface area contributed by atoms with Gasteiger partial charge in [-0.3, -0.25) is 4.90 Å². The van der Waals surface area contributed by atoms with Gasteiger partial charge in [-0.1, -0.05) is 36.1 Å². The minimum atomic E-state index is 0.771. The van der Waals surface area contributed by atoms with Crippen molar-refractivity contribution < 1.29 is 9.47 Å². The van der Waals surface area contributed by atoms with Gasteiger partial charge in [0.1, 0.15) is 4.32 Å². The molecule has 0 aliphatic carbocycles. The molecule has 0 unspecified atom stereocenters. The van der Waals surface area contributed by atoms with Gasteiger partial charge in [0.15, 0.2) is 11.5 Å². The molecule has 134 valence electrons. The molecule has 25 heavy (non-hydrogen) atoms. The number of ether oxygens (including phenoxy) is 2. The van der Waals surface area contributed by atoms with Crippen molar-refractivity contribution in [3.05, 3.63) is 46.2 Å². The summed E-state index contributed by atoms with van der Waals surface area (Å²) in [6.07, 6.45) is 0.973. The van der Waals surface area contributed by atoms with Gasteiger partial charge in [-0.25, -0.2) is 0 Å². The van der Waals surface area contributed by atoms with Crippen LogP contribution in [0, 0.1) is 0 Å².